The normalized spacial score (nSPS) is 12.2. The molecule has 0 radical (unpaired) electrons. The van der Waals surface area contributed by atoms with Crippen molar-refractivity contribution in [2.45, 2.75) is 24.9 Å². The molecule has 172 valence electrons. The van der Waals surface area contributed by atoms with Crippen LogP contribution in [-0.4, -0.2) is 29.7 Å². The van der Waals surface area contributed by atoms with E-state index in [4.69, 9.17) is 6.42 Å². The fourth-order valence-electron chi connectivity index (χ4n) is 3.57. The summed E-state index contributed by atoms with van der Waals surface area (Å²) in [7, 11) is -3.71. The lowest BCUT2D eigenvalue weighted by atomic mass is 10.2. The second-order valence-electron chi connectivity index (χ2n) is 7.50. The highest BCUT2D eigenvalue weighted by Gasteiger charge is 2.23. The quantitative estimate of drug-likeness (QED) is 0.364. The number of hydrogen-bond donors (Lipinski definition) is 0. The molecule has 1 heterocycles. The topological polar surface area (TPSA) is 71.7 Å². The van der Waals surface area contributed by atoms with Crippen molar-refractivity contribution >= 4 is 37.5 Å². The first kappa shape index (κ1) is 23.6. The smallest absolute Gasteiger partial charge is 0.279 e. The van der Waals surface area contributed by atoms with Crippen LogP contribution in [-0.2, 0) is 23.1 Å². The monoisotopic (exact) mass is 489 g/mol. The van der Waals surface area contributed by atoms with E-state index in [0.29, 0.717) is 23.5 Å². The summed E-state index contributed by atoms with van der Waals surface area (Å²) in [4.78, 5) is 17.8. The predicted octanol–water partition coefficient (Wildman–Crippen LogP) is 4.29. The number of benzene rings is 3. The molecule has 1 amide bonds. The minimum absolute atomic E-state index is 0.131. The van der Waals surface area contributed by atoms with E-state index in [-0.39, 0.29) is 11.4 Å². The molecule has 34 heavy (non-hydrogen) atoms. The molecule has 0 bridgehead atoms. The number of carbonyl (C=O) groups excluding carboxylic acids is 1. The van der Waals surface area contributed by atoms with Gasteiger partial charge in [0.2, 0.25) is 10.0 Å². The van der Waals surface area contributed by atoms with Gasteiger partial charge < -0.3 is 4.57 Å². The van der Waals surface area contributed by atoms with Crippen LogP contribution in [0.1, 0.15) is 22.8 Å². The maximum absolute atomic E-state index is 13.2. The Kier molecular flexibility index (Phi) is 7.08. The largest absolute Gasteiger partial charge is 0.305 e. The molecule has 0 saturated heterocycles. The first-order valence-corrected chi connectivity index (χ1v) is 12.9. The van der Waals surface area contributed by atoms with Crippen molar-refractivity contribution in [1.82, 2.24) is 8.87 Å². The van der Waals surface area contributed by atoms with Crippen molar-refractivity contribution in [1.29, 1.82) is 0 Å². The number of terminal acetylenes is 1. The lowest BCUT2D eigenvalue weighted by molar-refractivity contribution is 0.0998. The van der Waals surface area contributed by atoms with Crippen LogP contribution >= 0.6 is 11.3 Å². The van der Waals surface area contributed by atoms with Crippen LogP contribution in [0.25, 0.3) is 10.2 Å². The van der Waals surface area contributed by atoms with E-state index < -0.39 is 15.9 Å². The van der Waals surface area contributed by atoms with Gasteiger partial charge in [-0.3, -0.25) is 4.79 Å². The van der Waals surface area contributed by atoms with E-state index in [1.165, 1.54) is 39.9 Å². The first-order chi connectivity index (χ1) is 16.4. The highest BCUT2D eigenvalue weighted by atomic mass is 32.2. The van der Waals surface area contributed by atoms with E-state index in [1.807, 2.05) is 59.2 Å². The van der Waals surface area contributed by atoms with Gasteiger partial charge in [0.15, 0.2) is 4.80 Å². The Hall–Kier alpha value is -3.51. The van der Waals surface area contributed by atoms with Gasteiger partial charge in [0.25, 0.3) is 5.91 Å². The number of nitrogens with zero attached hydrogens (tertiary/aromatic N) is 3. The summed E-state index contributed by atoms with van der Waals surface area (Å²) in [5.41, 5.74) is 2.12. The highest BCUT2D eigenvalue weighted by Crippen LogP contribution is 2.20. The fourth-order valence-corrected chi connectivity index (χ4v) is 6.04. The fraction of sp³-hybridized carbons (Fsp3) is 0.154. The van der Waals surface area contributed by atoms with Gasteiger partial charge in [0.05, 0.1) is 21.7 Å². The standard InChI is InChI=1S/C26H23N3O3S2/c1-3-18-29-23-12-8-9-13-24(23)33-26(29)27-25(30)21-14-16-22(17-15-21)34(31,32)28(4-2)19-20-10-6-5-7-11-20/h1,5-17H,4,18-19H2,2H3. The molecular formula is C26H23N3O3S2. The van der Waals surface area contributed by atoms with Gasteiger partial charge in [-0.1, -0.05) is 66.6 Å². The highest BCUT2D eigenvalue weighted by molar-refractivity contribution is 7.89. The van der Waals surface area contributed by atoms with Gasteiger partial charge in [-0.25, -0.2) is 8.42 Å². The van der Waals surface area contributed by atoms with Gasteiger partial charge in [-0.05, 0) is 42.0 Å². The third kappa shape index (κ3) is 4.87. The molecule has 0 N–H and O–H groups in total. The summed E-state index contributed by atoms with van der Waals surface area (Å²) >= 11 is 1.38. The summed E-state index contributed by atoms with van der Waals surface area (Å²) in [6, 6.07) is 23.0. The zero-order valence-corrected chi connectivity index (χ0v) is 20.2. The SMILES string of the molecule is C#CCn1c(=NC(=O)c2ccc(S(=O)(=O)N(CC)Cc3ccccc3)cc2)sc2ccccc21. The molecule has 4 rings (SSSR count). The van der Waals surface area contributed by atoms with E-state index in [9.17, 15) is 13.2 Å². The lowest BCUT2D eigenvalue weighted by Gasteiger charge is -2.20. The number of carbonyl (C=O) groups is 1. The third-order valence-electron chi connectivity index (χ3n) is 5.33. The number of sulfonamides is 1. The molecule has 3 aromatic carbocycles. The molecule has 0 saturated carbocycles. The minimum Gasteiger partial charge on any atom is -0.305 e. The second-order valence-corrected chi connectivity index (χ2v) is 10.4. The van der Waals surface area contributed by atoms with Gasteiger partial charge in [0.1, 0.15) is 0 Å². The predicted molar refractivity (Wildman–Crippen MR) is 135 cm³/mol. The summed E-state index contributed by atoms with van der Waals surface area (Å²) in [6.45, 7) is 2.69. The van der Waals surface area contributed by atoms with Crippen molar-refractivity contribution in [3.05, 3.63) is 94.8 Å². The van der Waals surface area contributed by atoms with Gasteiger partial charge in [-0.2, -0.15) is 9.30 Å². The van der Waals surface area contributed by atoms with E-state index >= 15 is 0 Å². The summed E-state index contributed by atoms with van der Waals surface area (Å²) < 4.78 is 30.5. The van der Waals surface area contributed by atoms with E-state index in [0.717, 1.165) is 15.8 Å². The molecule has 0 spiro atoms. The van der Waals surface area contributed by atoms with Crippen LogP contribution < -0.4 is 4.80 Å². The first-order valence-electron chi connectivity index (χ1n) is 10.7. The number of para-hydroxylation sites is 1. The van der Waals surface area contributed by atoms with Crippen LogP contribution in [0.3, 0.4) is 0 Å². The Balaban J connectivity index is 1.61. The molecular weight excluding hydrogens is 466 g/mol. The number of fused-ring (bicyclic) bond motifs is 1. The summed E-state index contributed by atoms with van der Waals surface area (Å²) in [5, 5.41) is 0. The molecule has 0 unspecified atom stereocenters. The minimum atomic E-state index is -3.71. The number of rotatable bonds is 7. The molecule has 8 heteroatoms. The van der Waals surface area contributed by atoms with Gasteiger partial charge in [-0.15, -0.1) is 6.42 Å². The van der Waals surface area contributed by atoms with E-state index in [1.54, 1.807) is 6.92 Å². The van der Waals surface area contributed by atoms with Crippen molar-refractivity contribution < 1.29 is 13.2 Å². The third-order valence-corrected chi connectivity index (χ3v) is 8.32. The zero-order valence-electron chi connectivity index (χ0n) is 18.6. The number of thiazole rings is 1. The second kappa shape index (κ2) is 10.2. The maximum Gasteiger partial charge on any atom is 0.279 e. The Morgan fingerprint density at radius 2 is 1.71 bits per heavy atom. The Bertz CT molecular complexity index is 1530. The molecule has 4 aromatic rings. The molecule has 1 aromatic heterocycles. The maximum atomic E-state index is 13.2. The van der Waals surface area contributed by atoms with Crippen molar-refractivity contribution in [3.8, 4) is 12.3 Å². The average molecular weight is 490 g/mol. The molecule has 6 nitrogen and oxygen atoms in total. The molecule has 0 aliphatic heterocycles. The van der Waals surface area contributed by atoms with E-state index in [2.05, 4.69) is 10.9 Å². The van der Waals surface area contributed by atoms with Crippen molar-refractivity contribution in [2.24, 2.45) is 4.99 Å². The zero-order chi connectivity index (χ0) is 24.1. The molecule has 0 fully saturated rings. The van der Waals surface area contributed by atoms with Crippen LogP contribution in [0.4, 0.5) is 0 Å². The number of amides is 1. The van der Waals surface area contributed by atoms with Gasteiger partial charge >= 0.3 is 0 Å². The van der Waals surface area contributed by atoms with Crippen molar-refractivity contribution in [3.63, 3.8) is 0 Å². The average Bonchev–Trinajstić information content (AvgIpc) is 3.20. The number of hydrogen-bond acceptors (Lipinski definition) is 4. The van der Waals surface area contributed by atoms with Crippen molar-refractivity contribution in [2.75, 3.05) is 6.54 Å². The number of aromatic nitrogens is 1. The molecule has 0 aliphatic rings. The lowest BCUT2D eigenvalue weighted by Crippen LogP contribution is -2.30. The summed E-state index contributed by atoms with van der Waals surface area (Å²) in [6.07, 6.45) is 5.51. The summed E-state index contributed by atoms with van der Waals surface area (Å²) in [5.74, 6) is 2.14. The van der Waals surface area contributed by atoms with Crippen LogP contribution in [0.5, 0.6) is 0 Å². The molecule has 0 aliphatic carbocycles. The van der Waals surface area contributed by atoms with Crippen LogP contribution in [0.15, 0.2) is 88.8 Å². The molecule has 0 atom stereocenters. The Morgan fingerprint density at radius 3 is 2.38 bits per heavy atom. The Labute approximate surface area is 202 Å². The van der Waals surface area contributed by atoms with Crippen LogP contribution in [0.2, 0.25) is 0 Å². The Morgan fingerprint density at radius 1 is 1.03 bits per heavy atom. The van der Waals surface area contributed by atoms with Gasteiger partial charge in [0, 0.05) is 18.7 Å². The van der Waals surface area contributed by atoms with Crippen LogP contribution in [0, 0.1) is 12.3 Å².